The maximum absolute atomic E-state index is 12.9. The molecule has 0 rings (SSSR count). The molecular weight excluding hydrogens is 973 g/mol. The van der Waals surface area contributed by atoms with E-state index in [1.807, 2.05) is 0 Å². The molecule has 0 amide bonds. The molecule has 0 saturated carbocycles. The standard InChI is InChI=1S/C73H116O6/c1-4-7-10-13-16-19-22-25-28-30-31-32-33-34-35-36-37-38-39-40-41-43-45-48-51-54-57-60-63-66-72(75)78-69-70(68-77-71(74)65-62-59-56-53-50-47-44-27-24-21-18-15-12-9-6-3)79-73(76)67-64-61-58-55-52-49-46-42-29-26-23-20-17-14-11-8-5-2/h7-8,10-11,16-17,19-20,25-29,31-32,34-35,37-38,40-41,44-45,48,54,57,70H,4-6,9,12-15,18,21-24,30,33,36,39,42-43,46-47,49-53,55-56,58-69H2,1-3H3/b10-7-,11-8-,19-16-,20-17-,28-25-,29-26-,32-31-,35-34-,38-37-,41-40-,44-27-,48-45-,57-54-. The Kier molecular flexibility index (Phi) is 61.4. The molecule has 79 heavy (non-hydrogen) atoms. The number of carbonyl (C=O) groups is 3. The molecule has 0 N–H and O–H groups in total. The summed E-state index contributed by atoms with van der Waals surface area (Å²) in [7, 11) is 0. The van der Waals surface area contributed by atoms with Crippen molar-refractivity contribution in [1.29, 1.82) is 0 Å². The first kappa shape index (κ1) is 74.0. The Morgan fingerprint density at radius 3 is 0.835 bits per heavy atom. The molecule has 0 aromatic heterocycles. The summed E-state index contributed by atoms with van der Waals surface area (Å²) in [6.45, 7) is 6.35. The summed E-state index contributed by atoms with van der Waals surface area (Å²) in [5, 5.41) is 0. The Morgan fingerprint density at radius 1 is 0.266 bits per heavy atom. The highest BCUT2D eigenvalue weighted by Crippen LogP contribution is 2.14. The van der Waals surface area contributed by atoms with Crippen LogP contribution in [0.3, 0.4) is 0 Å². The third kappa shape index (κ3) is 63.7. The number of esters is 3. The second-order valence-electron chi connectivity index (χ2n) is 20.5. The van der Waals surface area contributed by atoms with E-state index in [9.17, 15) is 14.4 Å². The summed E-state index contributed by atoms with van der Waals surface area (Å²) in [4.78, 5) is 38.3. The third-order valence-electron chi connectivity index (χ3n) is 13.0. The average Bonchev–Trinajstić information content (AvgIpc) is 3.45. The van der Waals surface area contributed by atoms with E-state index < -0.39 is 6.10 Å². The van der Waals surface area contributed by atoms with Crippen LogP contribution in [0.15, 0.2) is 158 Å². The second kappa shape index (κ2) is 65.5. The average molecular weight is 1090 g/mol. The Labute approximate surface area is 486 Å². The van der Waals surface area contributed by atoms with E-state index in [4.69, 9.17) is 14.2 Å². The number of ether oxygens (including phenoxy) is 3. The van der Waals surface area contributed by atoms with Crippen molar-refractivity contribution in [2.75, 3.05) is 13.2 Å². The normalized spacial score (nSPS) is 13.2. The molecule has 1 unspecified atom stereocenters. The monoisotopic (exact) mass is 1090 g/mol. The minimum atomic E-state index is -0.819. The molecule has 0 spiro atoms. The molecule has 6 heteroatoms. The minimum Gasteiger partial charge on any atom is -0.462 e. The molecule has 0 bridgehead atoms. The Morgan fingerprint density at radius 2 is 0.506 bits per heavy atom. The van der Waals surface area contributed by atoms with Gasteiger partial charge in [0, 0.05) is 19.3 Å². The van der Waals surface area contributed by atoms with Gasteiger partial charge in [-0.25, -0.2) is 0 Å². The van der Waals surface area contributed by atoms with Crippen molar-refractivity contribution in [2.45, 2.75) is 271 Å². The van der Waals surface area contributed by atoms with Gasteiger partial charge < -0.3 is 14.2 Å². The quantitative estimate of drug-likeness (QED) is 0.0261. The van der Waals surface area contributed by atoms with Gasteiger partial charge >= 0.3 is 17.9 Å². The minimum absolute atomic E-state index is 0.110. The van der Waals surface area contributed by atoms with Gasteiger partial charge in [0.2, 0.25) is 0 Å². The highest BCUT2D eigenvalue weighted by Gasteiger charge is 2.19. The lowest BCUT2D eigenvalue weighted by molar-refractivity contribution is -0.167. The summed E-state index contributed by atoms with van der Waals surface area (Å²) >= 11 is 0. The summed E-state index contributed by atoms with van der Waals surface area (Å²) in [6.07, 6.45) is 95.3. The third-order valence-corrected chi connectivity index (χ3v) is 13.0. The van der Waals surface area contributed by atoms with Gasteiger partial charge in [-0.15, -0.1) is 0 Å². The maximum Gasteiger partial charge on any atom is 0.306 e. The first-order valence-electron chi connectivity index (χ1n) is 32.0. The molecule has 0 fully saturated rings. The Balaban J connectivity index is 4.49. The largest absolute Gasteiger partial charge is 0.462 e. The van der Waals surface area contributed by atoms with Crippen LogP contribution in [0, 0.1) is 0 Å². The first-order valence-corrected chi connectivity index (χ1v) is 32.0. The van der Waals surface area contributed by atoms with Gasteiger partial charge in [0.05, 0.1) is 0 Å². The number of rotatable bonds is 56. The highest BCUT2D eigenvalue weighted by atomic mass is 16.6. The van der Waals surface area contributed by atoms with E-state index in [-0.39, 0.29) is 37.5 Å². The van der Waals surface area contributed by atoms with Crippen LogP contribution in [-0.2, 0) is 28.6 Å². The van der Waals surface area contributed by atoms with E-state index in [0.717, 1.165) is 148 Å². The van der Waals surface area contributed by atoms with E-state index in [1.165, 1.54) is 70.6 Å². The Bertz CT molecular complexity index is 1780. The predicted octanol–water partition coefficient (Wildman–Crippen LogP) is 22.1. The van der Waals surface area contributed by atoms with E-state index in [2.05, 4.69) is 179 Å². The number of carbonyl (C=O) groups excluding carboxylic acids is 3. The molecule has 0 aromatic rings. The molecule has 6 nitrogen and oxygen atoms in total. The lowest BCUT2D eigenvalue weighted by atomic mass is 10.1. The van der Waals surface area contributed by atoms with Crippen LogP contribution in [0.4, 0.5) is 0 Å². The zero-order valence-electron chi connectivity index (χ0n) is 50.8. The number of unbranched alkanes of at least 4 members (excludes halogenated alkanes) is 19. The molecule has 0 aromatic carbocycles. The van der Waals surface area contributed by atoms with E-state index in [0.29, 0.717) is 19.3 Å². The molecular formula is C73H116O6. The Hall–Kier alpha value is -4.97. The van der Waals surface area contributed by atoms with Crippen molar-refractivity contribution in [3.05, 3.63) is 158 Å². The van der Waals surface area contributed by atoms with Crippen molar-refractivity contribution < 1.29 is 28.6 Å². The van der Waals surface area contributed by atoms with Gasteiger partial charge in [-0.3, -0.25) is 14.4 Å². The lowest BCUT2D eigenvalue weighted by Crippen LogP contribution is -2.30. The maximum atomic E-state index is 12.9. The van der Waals surface area contributed by atoms with Crippen molar-refractivity contribution >= 4 is 17.9 Å². The van der Waals surface area contributed by atoms with Crippen molar-refractivity contribution in [3.8, 4) is 0 Å². The van der Waals surface area contributed by atoms with Gasteiger partial charge in [-0.05, 0) is 141 Å². The topological polar surface area (TPSA) is 78.9 Å². The lowest BCUT2D eigenvalue weighted by Gasteiger charge is -2.18. The summed E-state index contributed by atoms with van der Waals surface area (Å²) in [6, 6.07) is 0. The van der Waals surface area contributed by atoms with Crippen LogP contribution in [0.25, 0.3) is 0 Å². The van der Waals surface area contributed by atoms with Gasteiger partial charge in [0.1, 0.15) is 13.2 Å². The molecule has 0 aliphatic carbocycles. The first-order chi connectivity index (χ1) is 39.0. The van der Waals surface area contributed by atoms with Gasteiger partial charge in [-0.2, -0.15) is 0 Å². The molecule has 0 aliphatic heterocycles. The second-order valence-corrected chi connectivity index (χ2v) is 20.5. The smallest absolute Gasteiger partial charge is 0.306 e. The summed E-state index contributed by atoms with van der Waals surface area (Å²) in [5.74, 6) is -0.993. The number of hydrogen-bond donors (Lipinski definition) is 0. The SMILES string of the molecule is CC/C=C\C/C=C\C/C=C\C/C=C\C/C=C\C/C=C\C/C=C\C/C=C\C/C=C\CCCC(=O)OCC(COC(=O)CCCCCCC/C=C\CCCCCCCC)OC(=O)CCCCCCCCC/C=C\C/C=C\C/C=C\CC. The molecule has 0 aliphatic rings. The highest BCUT2D eigenvalue weighted by molar-refractivity contribution is 5.71. The van der Waals surface area contributed by atoms with E-state index >= 15 is 0 Å². The summed E-state index contributed by atoms with van der Waals surface area (Å²) in [5.41, 5.74) is 0. The van der Waals surface area contributed by atoms with Crippen LogP contribution in [-0.4, -0.2) is 37.2 Å². The van der Waals surface area contributed by atoms with Crippen LogP contribution in [0.2, 0.25) is 0 Å². The van der Waals surface area contributed by atoms with Crippen LogP contribution >= 0.6 is 0 Å². The van der Waals surface area contributed by atoms with Gasteiger partial charge in [0.25, 0.3) is 0 Å². The van der Waals surface area contributed by atoms with Crippen molar-refractivity contribution in [2.24, 2.45) is 0 Å². The zero-order valence-corrected chi connectivity index (χ0v) is 50.8. The van der Waals surface area contributed by atoms with Crippen molar-refractivity contribution in [1.82, 2.24) is 0 Å². The van der Waals surface area contributed by atoms with Gasteiger partial charge in [0.15, 0.2) is 6.10 Å². The van der Waals surface area contributed by atoms with E-state index in [1.54, 1.807) is 0 Å². The molecule has 1 atom stereocenters. The fourth-order valence-electron chi connectivity index (χ4n) is 8.28. The fourth-order valence-corrected chi connectivity index (χ4v) is 8.28. The molecule has 0 saturated heterocycles. The van der Waals surface area contributed by atoms with Crippen molar-refractivity contribution in [3.63, 3.8) is 0 Å². The van der Waals surface area contributed by atoms with Crippen LogP contribution in [0.5, 0.6) is 0 Å². The number of hydrogen-bond acceptors (Lipinski definition) is 6. The van der Waals surface area contributed by atoms with Gasteiger partial charge in [-0.1, -0.05) is 262 Å². The summed E-state index contributed by atoms with van der Waals surface area (Å²) < 4.78 is 16.8. The number of allylic oxidation sites excluding steroid dienone is 26. The fraction of sp³-hybridized carbons (Fsp3) is 0.603. The zero-order chi connectivity index (χ0) is 57.1. The molecule has 444 valence electrons. The predicted molar refractivity (Wildman–Crippen MR) is 343 cm³/mol. The molecule has 0 heterocycles. The van der Waals surface area contributed by atoms with Crippen LogP contribution < -0.4 is 0 Å². The molecule has 0 radical (unpaired) electrons. The van der Waals surface area contributed by atoms with Crippen LogP contribution in [0.1, 0.15) is 265 Å².